The van der Waals surface area contributed by atoms with Crippen LogP contribution in [0.3, 0.4) is 0 Å². The van der Waals surface area contributed by atoms with Crippen LogP contribution in [0.15, 0.2) is 24.3 Å². The van der Waals surface area contributed by atoms with Gasteiger partial charge in [0.15, 0.2) is 0 Å². The molecule has 1 aromatic carbocycles. The minimum atomic E-state index is -3.29. The standard InChI is InChI=1S/C18H30N2O3S/c1-5-8-9-15(6-2)14-19-18(21)16-10-12-17(13-11-16)20(4)24(22,23)7-3/h10-13,15H,5-9,14H2,1-4H3,(H,19,21)/t15-/m0/s1. The molecule has 1 rings (SSSR count). The Bertz CT molecular complexity index is 612. The molecule has 1 amide bonds. The lowest BCUT2D eigenvalue weighted by molar-refractivity contribution is 0.0946. The van der Waals surface area contributed by atoms with Crippen LogP contribution in [-0.2, 0) is 10.0 Å². The third-order valence-electron chi connectivity index (χ3n) is 4.37. The normalized spacial score (nSPS) is 12.7. The Labute approximate surface area is 146 Å². The van der Waals surface area contributed by atoms with Crippen LogP contribution in [-0.4, -0.2) is 33.7 Å². The molecule has 24 heavy (non-hydrogen) atoms. The zero-order valence-corrected chi connectivity index (χ0v) is 16.0. The number of carbonyl (C=O) groups is 1. The van der Waals surface area contributed by atoms with Gasteiger partial charge >= 0.3 is 0 Å². The summed E-state index contributed by atoms with van der Waals surface area (Å²) >= 11 is 0. The van der Waals surface area contributed by atoms with E-state index in [0.717, 1.165) is 12.8 Å². The molecule has 6 heteroatoms. The summed E-state index contributed by atoms with van der Waals surface area (Å²) in [6.07, 6.45) is 4.53. The molecule has 0 saturated carbocycles. The van der Waals surface area contributed by atoms with Crippen molar-refractivity contribution >= 4 is 21.6 Å². The van der Waals surface area contributed by atoms with Gasteiger partial charge in [0.1, 0.15) is 0 Å². The molecule has 0 spiro atoms. The van der Waals surface area contributed by atoms with Crippen LogP contribution >= 0.6 is 0 Å². The lowest BCUT2D eigenvalue weighted by atomic mass is 9.99. The predicted molar refractivity (Wildman–Crippen MR) is 99.9 cm³/mol. The Morgan fingerprint density at radius 1 is 1.17 bits per heavy atom. The first-order valence-corrected chi connectivity index (χ1v) is 10.3. The molecule has 0 aliphatic carbocycles. The molecule has 1 aromatic rings. The van der Waals surface area contributed by atoms with Crippen LogP contribution < -0.4 is 9.62 Å². The molecule has 1 atom stereocenters. The number of rotatable bonds is 10. The number of hydrogen-bond acceptors (Lipinski definition) is 3. The lowest BCUT2D eigenvalue weighted by Crippen LogP contribution is -2.30. The second-order valence-electron chi connectivity index (χ2n) is 6.04. The van der Waals surface area contributed by atoms with E-state index in [2.05, 4.69) is 19.2 Å². The molecule has 0 saturated heterocycles. The van der Waals surface area contributed by atoms with Gasteiger partial charge in [-0.25, -0.2) is 8.42 Å². The van der Waals surface area contributed by atoms with E-state index in [-0.39, 0.29) is 11.7 Å². The monoisotopic (exact) mass is 354 g/mol. The first-order valence-electron chi connectivity index (χ1n) is 8.70. The summed E-state index contributed by atoms with van der Waals surface area (Å²) in [5.41, 5.74) is 1.11. The van der Waals surface area contributed by atoms with Crippen LogP contribution in [0, 0.1) is 5.92 Å². The van der Waals surface area contributed by atoms with E-state index in [4.69, 9.17) is 0 Å². The Kier molecular flexibility index (Phi) is 8.25. The highest BCUT2D eigenvalue weighted by molar-refractivity contribution is 7.92. The number of hydrogen-bond donors (Lipinski definition) is 1. The number of benzene rings is 1. The zero-order valence-electron chi connectivity index (χ0n) is 15.2. The van der Waals surface area contributed by atoms with Crippen LogP contribution in [0.25, 0.3) is 0 Å². The lowest BCUT2D eigenvalue weighted by Gasteiger charge is -2.19. The largest absolute Gasteiger partial charge is 0.352 e. The van der Waals surface area contributed by atoms with Crippen LogP contribution in [0.2, 0.25) is 0 Å². The molecule has 0 unspecified atom stereocenters. The average Bonchev–Trinajstić information content (AvgIpc) is 2.61. The number of anilines is 1. The molecule has 0 radical (unpaired) electrons. The molecule has 0 fully saturated rings. The Balaban J connectivity index is 2.67. The maximum atomic E-state index is 12.2. The minimum Gasteiger partial charge on any atom is -0.352 e. The van der Waals surface area contributed by atoms with Gasteiger partial charge in [-0.3, -0.25) is 9.10 Å². The highest BCUT2D eigenvalue weighted by Gasteiger charge is 2.16. The highest BCUT2D eigenvalue weighted by Crippen LogP contribution is 2.17. The molecular formula is C18H30N2O3S. The smallest absolute Gasteiger partial charge is 0.251 e. The second-order valence-corrected chi connectivity index (χ2v) is 8.33. The van der Waals surface area contributed by atoms with E-state index >= 15 is 0 Å². The molecule has 136 valence electrons. The van der Waals surface area contributed by atoms with Crippen molar-refractivity contribution in [1.29, 1.82) is 0 Å². The number of sulfonamides is 1. The third kappa shape index (κ3) is 5.82. The van der Waals surface area contributed by atoms with Gasteiger partial charge in [-0.05, 0) is 43.5 Å². The summed E-state index contributed by atoms with van der Waals surface area (Å²) in [6.45, 7) is 6.60. The summed E-state index contributed by atoms with van der Waals surface area (Å²) in [6, 6.07) is 6.66. The van der Waals surface area contributed by atoms with Crippen molar-refractivity contribution in [1.82, 2.24) is 5.32 Å². The molecule has 0 heterocycles. The fourth-order valence-electron chi connectivity index (χ4n) is 2.46. The molecule has 0 aliphatic heterocycles. The molecular weight excluding hydrogens is 324 g/mol. The van der Waals surface area contributed by atoms with Gasteiger partial charge in [0.05, 0.1) is 11.4 Å². The fourth-order valence-corrected chi connectivity index (χ4v) is 3.29. The first-order chi connectivity index (χ1) is 11.4. The fraction of sp³-hybridized carbons (Fsp3) is 0.611. The van der Waals surface area contributed by atoms with E-state index in [9.17, 15) is 13.2 Å². The quantitative estimate of drug-likeness (QED) is 0.700. The van der Waals surface area contributed by atoms with Gasteiger partial charge in [0, 0.05) is 19.2 Å². The highest BCUT2D eigenvalue weighted by atomic mass is 32.2. The topological polar surface area (TPSA) is 66.5 Å². The number of nitrogens with one attached hydrogen (secondary N) is 1. The predicted octanol–water partition coefficient (Wildman–Crippen LogP) is 3.42. The molecule has 0 bridgehead atoms. The SMILES string of the molecule is CCCC[C@H](CC)CNC(=O)c1ccc(N(C)S(=O)(=O)CC)cc1. The van der Waals surface area contributed by atoms with Crippen molar-refractivity contribution in [3.8, 4) is 0 Å². The maximum absolute atomic E-state index is 12.2. The molecule has 0 aliphatic rings. The Hall–Kier alpha value is -1.56. The molecule has 0 aromatic heterocycles. The Morgan fingerprint density at radius 3 is 2.29 bits per heavy atom. The van der Waals surface area contributed by atoms with E-state index in [0.29, 0.717) is 23.7 Å². The zero-order chi connectivity index (χ0) is 18.2. The van der Waals surface area contributed by atoms with Crippen molar-refractivity contribution in [2.75, 3.05) is 23.7 Å². The first kappa shape index (κ1) is 20.5. The summed E-state index contributed by atoms with van der Waals surface area (Å²) in [7, 11) is -1.76. The number of unbranched alkanes of at least 4 members (excludes halogenated alkanes) is 1. The van der Waals surface area contributed by atoms with Crippen LogP contribution in [0.4, 0.5) is 5.69 Å². The van der Waals surface area contributed by atoms with E-state index < -0.39 is 10.0 Å². The van der Waals surface area contributed by atoms with Crippen molar-refractivity contribution in [3.05, 3.63) is 29.8 Å². The summed E-state index contributed by atoms with van der Waals surface area (Å²) < 4.78 is 25.0. The molecule has 5 nitrogen and oxygen atoms in total. The summed E-state index contributed by atoms with van der Waals surface area (Å²) in [5.74, 6) is 0.438. The summed E-state index contributed by atoms with van der Waals surface area (Å²) in [5, 5.41) is 2.98. The van der Waals surface area contributed by atoms with Crippen LogP contribution in [0.5, 0.6) is 0 Å². The van der Waals surface area contributed by atoms with Crippen molar-refractivity contribution in [2.45, 2.75) is 46.5 Å². The number of carbonyl (C=O) groups excluding carboxylic acids is 1. The van der Waals surface area contributed by atoms with Crippen molar-refractivity contribution < 1.29 is 13.2 Å². The minimum absolute atomic E-state index is 0.0436. The number of amides is 1. The van der Waals surface area contributed by atoms with E-state index in [1.807, 2.05) is 0 Å². The van der Waals surface area contributed by atoms with E-state index in [1.165, 1.54) is 24.2 Å². The van der Waals surface area contributed by atoms with Crippen molar-refractivity contribution in [2.24, 2.45) is 5.92 Å². The third-order valence-corrected chi connectivity index (χ3v) is 6.14. The number of nitrogens with zero attached hydrogens (tertiary/aromatic N) is 1. The van der Waals surface area contributed by atoms with Gasteiger partial charge in [0.2, 0.25) is 10.0 Å². The van der Waals surface area contributed by atoms with Crippen molar-refractivity contribution in [3.63, 3.8) is 0 Å². The van der Waals surface area contributed by atoms with E-state index in [1.54, 1.807) is 31.2 Å². The van der Waals surface area contributed by atoms with Crippen LogP contribution in [0.1, 0.15) is 56.8 Å². The summed E-state index contributed by atoms with van der Waals surface area (Å²) in [4.78, 5) is 12.2. The van der Waals surface area contributed by atoms with Gasteiger partial charge < -0.3 is 5.32 Å². The van der Waals surface area contributed by atoms with Gasteiger partial charge in [-0.2, -0.15) is 0 Å². The molecule has 1 N–H and O–H groups in total. The average molecular weight is 355 g/mol. The van der Waals surface area contributed by atoms with Gasteiger partial charge in [-0.1, -0.05) is 33.1 Å². The van der Waals surface area contributed by atoms with Gasteiger partial charge in [0.25, 0.3) is 5.91 Å². The maximum Gasteiger partial charge on any atom is 0.251 e. The second kappa shape index (κ2) is 9.67. The van der Waals surface area contributed by atoms with Gasteiger partial charge in [-0.15, -0.1) is 0 Å². The Morgan fingerprint density at radius 2 is 1.79 bits per heavy atom.